The fourth-order valence-corrected chi connectivity index (χ4v) is 2.16. The lowest BCUT2D eigenvalue weighted by molar-refractivity contribution is -0.141. The standard InChI is InChI=1S/C14H10F3N5O/c15-14(16,17)9-5-6-19-12(22-9)10(11(18)23)13-20-7-3-1-2-4-8(7)21-13/h1-6,10H,(H2,18,23)(H,20,21). The number of rotatable bonds is 3. The van der Waals surface area contributed by atoms with Crippen LogP contribution in [0.15, 0.2) is 36.5 Å². The van der Waals surface area contributed by atoms with Crippen molar-refractivity contribution in [3.05, 3.63) is 53.9 Å². The Morgan fingerprint density at radius 1 is 1.17 bits per heavy atom. The Labute approximate surface area is 127 Å². The zero-order valence-electron chi connectivity index (χ0n) is 11.5. The van der Waals surface area contributed by atoms with E-state index in [9.17, 15) is 18.0 Å². The minimum absolute atomic E-state index is 0.0954. The van der Waals surface area contributed by atoms with Gasteiger partial charge in [0.15, 0.2) is 5.92 Å². The van der Waals surface area contributed by atoms with Crippen molar-refractivity contribution in [2.75, 3.05) is 0 Å². The van der Waals surface area contributed by atoms with Crippen LogP contribution in [0.3, 0.4) is 0 Å². The summed E-state index contributed by atoms with van der Waals surface area (Å²) >= 11 is 0. The molecule has 23 heavy (non-hydrogen) atoms. The summed E-state index contributed by atoms with van der Waals surface area (Å²) < 4.78 is 38.3. The van der Waals surface area contributed by atoms with Crippen LogP contribution < -0.4 is 5.73 Å². The lowest BCUT2D eigenvalue weighted by Gasteiger charge is -2.11. The molecule has 1 amide bonds. The molecule has 1 unspecified atom stereocenters. The molecule has 0 radical (unpaired) electrons. The normalized spacial score (nSPS) is 13.2. The molecule has 3 rings (SSSR count). The number of nitrogens with two attached hydrogens (primary N) is 1. The Bertz CT molecular complexity index is 841. The van der Waals surface area contributed by atoms with Crippen molar-refractivity contribution in [1.29, 1.82) is 0 Å². The zero-order chi connectivity index (χ0) is 16.6. The molecular weight excluding hydrogens is 311 g/mol. The number of benzene rings is 1. The van der Waals surface area contributed by atoms with E-state index in [1.165, 1.54) is 0 Å². The Balaban J connectivity index is 2.11. The number of aromatic amines is 1. The number of alkyl halides is 3. The van der Waals surface area contributed by atoms with Crippen LogP contribution in [-0.4, -0.2) is 25.8 Å². The molecular formula is C14H10F3N5O. The number of carbonyl (C=O) groups is 1. The van der Waals surface area contributed by atoms with Crippen molar-refractivity contribution < 1.29 is 18.0 Å². The van der Waals surface area contributed by atoms with Crippen molar-refractivity contribution in [2.45, 2.75) is 12.1 Å². The molecule has 2 heterocycles. The van der Waals surface area contributed by atoms with Gasteiger partial charge in [0, 0.05) is 6.20 Å². The first-order valence-electron chi connectivity index (χ1n) is 6.50. The van der Waals surface area contributed by atoms with Crippen LogP contribution in [0.4, 0.5) is 13.2 Å². The number of nitrogens with one attached hydrogen (secondary N) is 1. The van der Waals surface area contributed by atoms with Crippen LogP contribution in [0.1, 0.15) is 23.3 Å². The molecule has 2 aromatic heterocycles. The van der Waals surface area contributed by atoms with Gasteiger partial charge in [0.05, 0.1) is 11.0 Å². The van der Waals surface area contributed by atoms with Crippen LogP contribution in [0.2, 0.25) is 0 Å². The average Bonchev–Trinajstić information content (AvgIpc) is 2.89. The van der Waals surface area contributed by atoms with Gasteiger partial charge >= 0.3 is 6.18 Å². The third-order valence-corrected chi connectivity index (χ3v) is 3.19. The molecule has 0 aliphatic heterocycles. The highest BCUT2D eigenvalue weighted by molar-refractivity contribution is 5.85. The van der Waals surface area contributed by atoms with Gasteiger partial charge in [0.1, 0.15) is 17.3 Å². The van der Waals surface area contributed by atoms with Crippen molar-refractivity contribution in [3.8, 4) is 0 Å². The summed E-state index contributed by atoms with van der Waals surface area (Å²) in [7, 11) is 0. The van der Waals surface area contributed by atoms with Crippen LogP contribution in [0.5, 0.6) is 0 Å². The maximum absolute atomic E-state index is 12.8. The average molecular weight is 321 g/mol. The second kappa shape index (κ2) is 5.34. The van der Waals surface area contributed by atoms with Crippen LogP contribution in [-0.2, 0) is 11.0 Å². The van der Waals surface area contributed by atoms with Crippen molar-refractivity contribution in [1.82, 2.24) is 19.9 Å². The van der Waals surface area contributed by atoms with Gasteiger partial charge in [0.2, 0.25) is 5.91 Å². The summed E-state index contributed by atoms with van der Waals surface area (Å²) in [6.07, 6.45) is -3.71. The Kier molecular flexibility index (Phi) is 3.47. The fraction of sp³-hybridized carbons (Fsp3) is 0.143. The number of hydrogen-bond acceptors (Lipinski definition) is 4. The SMILES string of the molecule is NC(=O)C(c1nccc(C(F)(F)F)n1)c1nc2ccccc2[nH]1. The number of primary amides is 1. The Hall–Kier alpha value is -2.97. The largest absolute Gasteiger partial charge is 0.433 e. The molecule has 0 aliphatic carbocycles. The van der Waals surface area contributed by atoms with Gasteiger partial charge in [-0.3, -0.25) is 4.79 Å². The van der Waals surface area contributed by atoms with Gasteiger partial charge in [0.25, 0.3) is 0 Å². The van der Waals surface area contributed by atoms with Crippen LogP contribution in [0, 0.1) is 0 Å². The monoisotopic (exact) mass is 321 g/mol. The smallest absolute Gasteiger partial charge is 0.369 e. The van der Waals surface area contributed by atoms with Crippen LogP contribution >= 0.6 is 0 Å². The van der Waals surface area contributed by atoms with E-state index in [0.29, 0.717) is 11.0 Å². The van der Waals surface area contributed by atoms with E-state index in [-0.39, 0.29) is 11.6 Å². The number of H-pyrrole nitrogens is 1. The highest BCUT2D eigenvalue weighted by Gasteiger charge is 2.35. The number of aromatic nitrogens is 4. The van der Waals surface area contributed by atoms with Gasteiger partial charge in [-0.05, 0) is 18.2 Å². The first kappa shape index (κ1) is 14.9. The Morgan fingerprint density at radius 2 is 1.91 bits per heavy atom. The number of carbonyl (C=O) groups excluding carboxylic acids is 1. The number of halogens is 3. The molecule has 0 saturated heterocycles. The molecule has 3 aromatic rings. The summed E-state index contributed by atoms with van der Waals surface area (Å²) in [5, 5.41) is 0. The summed E-state index contributed by atoms with van der Waals surface area (Å²) in [5.41, 5.74) is 5.36. The molecule has 3 N–H and O–H groups in total. The van der Waals surface area contributed by atoms with Gasteiger partial charge < -0.3 is 10.7 Å². The molecule has 9 heteroatoms. The van der Waals surface area contributed by atoms with Crippen molar-refractivity contribution in [3.63, 3.8) is 0 Å². The first-order valence-corrected chi connectivity index (χ1v) is 6.50. The summed E-state index contributed by atoms with van der Waals surface area (Å²) in [5.74, 6) is -2.46. The van der Waals surface area contributed by atoms with E-state index in [1.54, 1.807) is 24.3 Å². The number of fused-ring (bicyclic) bond motifs is 1. The van der Waals surface area contributed by atoms with E-state index in [2.05, 4.69) is 19.9 Å². The zero-order valence-corrected chi connectivity index (χ0v) is 11.5. The first-order chi connectivity index (χ1) is 10.9. The van der Waals surface area contributed by atoms with Gasteiger partial charge in [-0.1, -0.05) is 12.1 Å². The Morgan fingerprint density at radius 3 is 2.57 bits per heavy atom. The van der Waals surface area contributed by atoms with Gasteiger partial charge in [-0.15, -0.1) is 0 Å². The van der Waals surface area contributed by atoms with Crippen molar-refractivity contribution >= 4 is 16.9 Å². The topological polar surface area (TPSA) is 97.6 Å². The lowest BCUT2D eigenvalue weighted by Crippen LogP contribution is -2.26. The summed E-state index contributed by atoms with van der Waals surface area (Å²) in [6.45, 7) is 0. The minimum Gasteiger partial charge on any atom is -0.369 e. The molecule has 118 valence electrons. The fourth-order valence-electron chi connectivity index (χ4n) is 2.16. The molecule has 1 atom stereocenters. The quantitative estimate of drug-likeness (QED) is 0.771. The van der Waals surface area contributed by atoms with Crippen LogP contribution in [0.25, 0.3) is 11.0 Å². The maximum atomic E-state index is 12.8. The molecule has 0 aliphatic rings. The predicted molar refractivity (Wildman–Crippen MR) is 74.2 cm³/mol. The second-order valence-corrected chi connectivity index (χ2v) is 4.77. The maximum Gasteiger partial charge on any atom is 0.433 e. The number of nitrogens with zero attached hydrogens (tertiary/aromatic N) is 3. The number of imidazole rings is 1. The highest BCUT2D eigenvalue weighted by atomic mass is 19.4. The van der Waals surface area contributed by atoms with Crippen molar-refractivity contribution in [2.24, 2.45) is 5.73 Å². The number of hydrogen-bond donors (Lipinski definition) is 2. The summed E-state index contributed by atoms with van der Waals surface area (Å²) in [4.78, 5) is 25.9. The number of para-hydroxylation sites is 2. The minimum atomic E-state index is -4.65. The van der Waals surface area contributed by atoms with Gasteiger partial charge in [-0.2, -0.15) is 13.2 Å². The molecule has 0 spiro atoms. The predicted octanol–water partition coefficient (Wildman–Crippen LogP) is 1.99. The molecule has 1 aromatic carbocycles. The van der Waals surface area contributed by atoms with E-state index in [4.69, 9.17) is 5.73 Å². The highest BCUT2D eigenvalue weighted by Crippen LogP contribution is 2.29. The molecule has 0 bridgehead atoms. The third-order valence-electron chi connectivity index (χ3n) is 3.19. The summed E-state index contributed by atoms with van der Waals surface area (Å²) in [6, 6.07) is 7.63. The van der Waals surface area contributed by atoms with E-state index >= 15 is 0 Å². The lowest BCUT2D eigenvalue weighted by atomic mass is 10.1. The third kappa shape index (κ3) is 2.85. The number of amides is 1. The van der Waals surface area contributed by atoms with Gasteiger partial charge in [-0.25, -0.2) is 15.0 Å². The molecule has 0 saturated carbocycles. The molecule has 6 nitrogen and oxygen atoms in total. The van der Waals surface area contributed by atoms with E-state index in [1.807, 2.05) is 0 Å². The second-order valence-electron chi connectivity index (χ2n) is 4.77. The molecule has 0 fully saturated rings. The van der Waals surface area contributed by atoms with E-state index in [0.717, 1.165) is 12.3 Å². The van der Waals surface area contributed by atoms with E-state index < -0.39 is 23.7 Å².